The van der Waals surface area contributed by atoms with Crippen LogP contribution in [0.25, 0.3) is 17.1 Å². The standard InChI is InChI=1S/C22H16BrFN4OS/c23-16-6-10-18(11-7-16)25-20(29)14-30-22-27-26-21(15-4-2-1-3-5-15)28(22)19-12-8-17(24)9-13-19/h1-13H,14H2,(H,25,29). The van der Waals surface area contributed by atoms with E-state index in [2.05, 4.69) is 31.4 Å². The van der Waals surface area contributed by atoms with Crippen LogP contribution >= 0.6 is 27.7 Å². The van der Waals surface area contributed by atoms with Crippen molar-refractivity contribution in [1.82, 2.24) is 14.8 Å². The SMILES string of the molecule is O=C(CSc1nnc(-c2ccccc2)n1-c1ccc(F)cc1)Nc1ccc(Br)cc1. The molecule has 1 heterocycles. The molecule has 0 atom stereocenters. The van der Waals surface area contributed by atoms with Crippen LogP contribution in [0.2, 0.25) is 0 Å². The number of amides is 1. The molecule has 0 aliphatic heterocycles. The summed E-state index contributed by atoms with van der Waals surface area (Å²) in [6.07, 6.45) is 0. The van der Waals surface area contributed by atoms with E-state index < -0.39 is 0 Å². The molecular formula is C22H16BrFN4OS. The summed E-state index contributed by atoms with van der Waals surface area (Å²) in [5.41, 5.74) is 2.31. The Morgan fingerprint density at radius 1 is 0.967 bits per heavy atom. The number of hydrogen-bond donors (Lipinski definition) is 1. The van der Waals surface area contributed by atoms with Gasteiger partial charge in [0.1, 0.15) is 5.82 Å². The van der Waals surface area contributed by atoms with Crippen LogP contribution in [-0.2, 0) is 4.79 Å². The van der Waals surface area contributed by atoms with E-state index in [4.69, 9.17) is 0 Å². The Labute approximate surface area is 185 Å². The Morgan fingerprint density at radius 2 is 1.67 bits per heavy atom. The smallest absolute Gasteiger partial charge is 0.234 e. The molecule has 0 saturated heterocycles. The molecule has 0 fully saturated rings. The highest BCUT2D eigenvalue weighted by Gasteiger charge is 2.17. The van der Waals surface area contributed by atoms with E-state index >= 15 is 0 Å². The van der Waals surface area contributed by atoms with E-state index in [0.29, 0.717) is 16.7 Å². The van der Waals surface area contributed by atoms with Crippen molar-refractivity contribution in [2.45, 2.75) is 5.16 Å². The van der Waals surface area contributed by atoms with E-state index in [1.165, 1.54) is 23.9 Å². The first-order valence-electron chi connectivity index (χ1n) is 9.05. The summed E-state index contributed by atoms with van der Waals surface area (Å²) in [5, 5.41) is 12.0. The van der Waals surface area contributed by atoms with Gasteiger partial charge in [0, 0.05) is 21.4 Å². The van der Waals surface area contributed by atoms with Crippen LogP contribution < -0.4 is 5.32 Å². The molecule has 3 aromatic carbocycles. The fourth-order valence-electron chi connectivity index (χ4n) is 2.82. The van der Waals surface area contributed by atoms with Crippen LogP contribution in [0.5, 0.6) is 0 Å². The molecule has 150 valence electrons. The van der Waals surface area contributed by atoms with Crippen LogP contribution in [0.4, 0.5) is 10.1 Å². The maximum absolute atomic E-state index is 13.4. The Balaban J connectivity index is 1.58. The second kappa shape index (κ2) is 9.23. The Kier molecular flexibility index (Phi) is 6.25. The van der Waals surface area contributed by atoms with Gasteiger partial charge in [-0.1, -0.05) is 58.0 Å². The number of hydrogen-bond acceptors (Lipinski definition) is 4. The molecule has 4 rings (SSSR count). The molecule has 1 amide bonds. The molecule has 0 aliphatic rings. The van der Waals surface area contributed by atoms with Gasteiger partial charge in [-0.05, 0) is 48.5 Å². The highest BCUT2D eigenvalue weighted by molar-refractivity contribution is 9.10. The van der Waals surface area contributed by atoms with E-state index in [9.17, 15) is 9.18 Å². The quantitative estimate of drug-likeness (QED) is 0.365. The van der Waals surface area contributed by atoms with Crippen molar-refractivity contribution in [3.05, 3.63) is 89.2 Å². The molecule has 0 saturated carbocycles. The van der Waals surface area contributed by atoms with Gasteiger partial charge < -0.3 is 5.32 Å². The lowest BCUT2D eigenvalue weighted by molar-refractivity contribution is -0.113. The highest BCUT2D eigenvalue weighted by atomic mass is 79.9. The first-order valence-corrected chi connectivity index (χ1v) is 10.8. The van der Waals surface area contributed by atoms with Gasteiger partial charge in [-0.15, -0.1) is 10.2 Å². The molecule has 0 unspecified atom stereocenters. The molecule has 5 nitrogen and oxygen atoms in total. The largest absolute Gasteiger partial charge is 0.325 e. The van der Waals surface area contributed by atoms with Crippen LogP contribution in [0.15, 0.2) is 88.5 Å². The molecule has 0 bridgehead atoms. The Morgan fingerprint density at radius 3 is 2.37 bits per heavy atom. The molecular weight excluding hydrogens is 467 g/mol. The van der Waals surface area contributed by atoms with Gasteiger partial charge in [-0.2, -0.15) is 0 Å². The van der Waals surface area contributed by atoms with Gasteiger partial charge in [0.15, 0.2) is 11.0 Å². The lowest BCUT2D eigenvalue weighted by Crippen LogP contribution is -2.14. The minimum Gasteiger partial charge on any atom is -0.325 e. The van der Waals surface area contributed by atoms with Gasteiger partial charge in [-0.25, -0.2) is 4.39 Å². The number of nitrogens with zero attached hydrogens (tertiary/aromatic N) is 3. The van der Waals surface area contributed by atoms with Crippen molar-refractivity contribution in [2.24, 2.45) is 0 Å². The number of carbonyl (C=O) groups excluding carboxylic acids is 1. The topological polar surface area (TPSA) is 59.8 Å². The summed E-state index contributed by atoms with van der Waals surface area (Å²) in [4.78, 5) is 12.4. The third-order valence-corrected chi connectivity index (χ3v) is 5.67. The van der Waals surface area contributed by atoms with Gasteiger partial charge in [0.2, 0.25) is 5.91 Å². The zero-order chi connectivity index (χ0) is 20.9. The first-order chi connectivity index (χ1) is 14.6. The number of nitrogens with one attached hydrogen (secondary N) is 1. The van der Waals surface area contributed by atoms with Gasteiger partial charge in [-0.3, -0.25) is 9.36 Å². The number of anilines is 1. The van der Waals surface area contributed by atoms with Crippen LogP contribution in [0, 0.1) is 5.82 Å². The summed E-state index contributed by atoms with van der Waals surface area (Å²) < 4.78 is 16.2. The second-order valence-electron chi connectivity index (χ2n) is 6.33. The highest BCUT2D eigenvalue weighted by Crippen LogP contribution is 2.28. The molecule has 30 heavy (non-hydrogen) atoms. The van der Waals surface area contributed by atoms with Gasteiger partial charge in [0.25, 0.3) is 0 Å². The lowest BCUT2D eigenvalue weighted by Gasteiger charge is -2.10. The number of rotatable bonds is 6. The van der Waals surface area contributed by atoms with Crippen molar-refractivity contribution in [3.8, 4) is 17.1 Å². The van der Waals surface area contributed by atoms with E-state index in [1.54, 1.807) is 12.1 Å². The minimum absolute atomic E-state index is 0.155. The third kappa shape index (κ3) is 4.77. The molecule has 8 heteroatoms. The number of benzene rings is 3. The van der Waals surface area contributed by atoms with E-state index in [0.717, 1.165) is 15.7 Å². The summed E-state index contributed by atoms with van der Waals surface area (Å²) in [7, 11) is 0. The molecule has 4 aromatic rings. The van der Waals surface area contributed by atoms with Crippen molar-refractivity contribution in [1.29, 1.82) is 0 Å². The maximum atomic E-state index is 13.4. The normalized spacial score (nSPS) is 10.7. The van der Waals surface area contributed by atoms with E-state index in [-0.39, 0.29) is 17.5 Å². The zero-order valence-corrected chi connectivity index (χ0v) is 18.0. The molecule has 1 aromatic heterocycles. The number of aromatic nitrogens is 3. The molecule has 0 spiro atoms. The Hall–Kier alpha value is -2.97. The number of carbonyl (C=O) groups is 1. The lowest BCUT2D eigenvalue weighted by atomic mass is 10.2. The average Bonchev–Trinajstić information content (AvgIpc) is 3.19. The second-order valence-corrected chi connectivity index (χ2v) is 8.19. The van der Waals surface area contributed by atoms with Gasteiger partial charge in [0.05, 0.1) is 5.75 Å². The average molecular weight is 483 g/mol. The predicted octanol–water partition coefficient (Wildman–Crippen LogP) is 5.57. The van der Waals surface area contributed by atoms with E-state index in [1.807, 2.05) is 59.2 Å². The summed E-state index contributed by atoms with van der Waals surface area (Å²) in [5.74, 6) is 0.302. The monoisotopic (exact) mass is 482 g/mol. The van der Waals surface area contributed by atoms with Crippen LogP contribution in [0.3, 0.4) is 0 Å². The fraction of sp³-hybridized carbons (Fsp3) is 0.0455. The fourth-order valence-corrected chi connectivity index (χ4v) is 3.84. The maximum Gasteiger partial charge on any atom is 0.234 e. The third-order valence-electron chi connectivity index (χ3n) is 4.21. The van der Waals surface area contributed by atoms with Crippen molar-refractivity contribution >= 4 is 39.3 Å². The van der Waals surface area contributed by atoms with Crippen molar-refractivity contribution < 1.29 is 9.18 Å². The minimum atomic E-state index is -0.323. The number of halogens is 2. The van der Waals surface area contributed by atoms with Crippen molar-refractivity contribution in [2.75, 3.05) is 11.1 Å². The molecule has 0 radical (unpaired) electrons. The molecule has 1 N–H and O–H groups in total. The zero-order valence-electron chi connectivity index (χ0n) is 15.6. The predicted molar refractivity (Wildman–Crippen MR) is 120 cm³/mol. The summed E-state index contributed by atoms with van der Waals surface area (Å²) in [6, 6.07) is 23.1. The number of thioether (sulfide) groups is 1. The first kappa shape index (κ1) is 20.3. The van der Waals surface area contributed by atoms with Crippen LogP contribution in [-0.4, -0.2) is 26.4 Å². The van der Waals surface area contributed by atoms with Crippen molar-refractivity contribution in [3.63, 3.8) is 0 Å². The Bertz CT molecular complexity index is 1150. The van der Waals surface area contributed by atoms with Crippen LogP contribution in [0.1, 0.15) is 0 Å². The van der Waals surface area contributed by atoms with Gasteiger partial charge >= 0.3 is 0 Å². The molecule has 0 aliphatic carbocycles. The summed E-state index contributed by atoms with van der Waals surface area (Å²) in [6.45, 7) is 0. The summed E-state index contributed by atoms with van der Waals surface area (Å²) >= 11 is 4.64.